The van der Waals surface area contributed by atoms with E-state index in [1.165, 1.54) is 28.7 Å². The zero-order chi connectivity index (χ0) is 19.8. The second-order valence-corrected chi connectivity index (χ2v) is 7.56. The zero-order valence-corrected chi connectivity index (χ0v) is 18.0. The first-order valence-electron chi connectivity index (χ1n) is 9.96. The summed E-state index contributed by atoms with van der Waals surface area (Å²) in [4.78, 5) is 11.4. The van der Waals surface area contributed by atoms with E-state index in [0.29, 0.717) is 6.42 Å². The van der Waals surface area contributed by atoms with Crippen molar-refractivity contribution in [3.05, 3.63) is 46.6 Å². The molecule has 0 saturated heterocycles. The van der Waals surface area contributed by atoms with Gasteiger partial charge in [0.15, 0.2) is 5.78 Å². The Morgan fingerprint density at radius 1 is 0.654 bits per heavy atom. The molecule has 0 atom stereocenters. The molecule has 2 heteroatoms. The normalized spacial score (nSPS) is 13.1. The number of allylic oxidation sites excluding steroid dienone is 8. The summed E-state index contributed by atoms with van der Waals surface area (Å²) >= 11 is 0. The smallest absolute Gasteiger partial charge is 0.158 e. The Bertz CT molecular complexity index is 514. The van der Waals surface area contributed by atoms with Crippen LogP contribution in [0.15, 0.2) is 46.6 Å². The summed E-state index contributed by atoms with van der Waals surface area (Å²) in [6, 6.07) is 0. The van der Waals surface area contributed by atoms with E-state index in [1.54, 1.807) is 7.11 Å². The molecule has 0 fully saturated rings. The van der Waals surface area contributed by atoms with E-state index in [1.807, 2.05) is 0 Å². The molecular formula is C24H40O2. The Labute approximate surface area is 162 Å². The van der Waals surface area contributed by atoms with Gasteiger partial charge in [-0.3, -0.25) is 4.79 Å². The molecule has 0 rings (SSSR count). The average Bonchev–Trinajstić information content (AvgIpc) is 2.54. The third-order valence-electron chi connectivity index (χ3n) is 4.38. The highest BCUT2D eigenvalue weighted by Crippen LogP contribution is 2.14. The molecule has 0 bridgehead atoms. The van der Waals surface area contributed by atoms with Crippen LogP contribution in [-0.2, 0) is 9.53 Å². The summed E-state index contributed by atoms with van der Waals surface area (Å²) in [7, 11) is 1.56. The van der Waals surface area contributed by atoms with Gasteiger partial charge in [0, 0.05) is 13.5 Å². The zero-order valence-electron chi connectivity index (χ0n) is 18.0. The van der Waals surface area contributed by atoms with Gasteiger partial charge in [0.1, 0.15) is 6.61 Å². The number of methoxy groups -OCH3 is 1. The van der Waals surface area contributed by atoms with Crippen LogP contribution in [0.4, 0.5) is 0 Å². The lowest BCUT2D eigenvalue weighted by Gasteiger charge is -2.03. The molecular weight excluding hydrogens is 320 g/mol. The molecule has 0 saturated carbocycles. The standard InChI is InChI=1S/C24H40O2/c1-20(2)11-7-12-21(3)13-8-14-22(4)15-9-16-23(5)17-10-18-24(25)19-26-6/h11,13,15,17H,7-10,12,14,16,18-19H2,1-6H3. The third kappa shape index (κ3) is 16.1. The van der Waals surface area contributed by atoms with Gasteiger partial charge in [-0.15, -0.1) is 0 Å². The molecule has 0 spiro atoms. The molecule has 0 amide bonds. The fourth-order valence-electron chi connectivity index (χ4n) is 2.70. The number of rotatable bonds is 14. The molecule has 0 aromatic heterocycles. The molecule has 0 aliphatic rings. The van der Waals surface area contributed by atoms with Gasteiger partial charge in [-0.2, -0.15) is 0 Å². The Hall–Kier alpha value is -1.41. The van der Waals surface area contributed by atoms with E-state index in [-0.39, 0.29) is 12.4 Å². The van der Waals surface area contributed by atoms with Gasteiger partial charge in [-0.05, 0) is 79.6 Å². The van der Waals surface area contributed by atoms with Crippen molar-refractivity contribution in [2.24, 2.45) is 0 Å². The van der Waals surface area contributed by atoms with Crippen molar-refractivity contribution >= 4 is 5.78 Å². The molecule has 0 aliphatic heterocycles. The Kier molecular flexibility index (Phi) is 15.0. The van der Waals surface area contributed by atoms with Gasteiger partial charge >= 0.3 is 0 Å². The SMILES string of the molecule is COCC(=O)CCC=C(C)CCC=C(C)CCC=C(C)CCC=C(C)C. The minimum Gasteiger partial charge on any atom is -0.377 e. The minimum absolute atomic E-state index is 0.177. The summed E-state index contributed by atoms with van der Waals surface area (Å²) in [5.74, 6) is 0.177. The van der Waals surface area contributed by atoms with Crippen LogP contribution in [0.5, 0.6) is 0 Å². The van der Waals surface area contributed by atoms with Crippen molar-refractivity contribution in [3.63, 3.8) is 0 Å². The first kappa shape index (κ1) is 24.6. The second-order valence-electron chi connectivity index (χ2n) is 7.56. The summed E-state index contributed by atoms with van der Waals surface area (Å²) in [6.45, 7) is 11.2. The first-order chi connectivity index (χ1) is 12.3. The molecule has 0 aromatic rings. The van der Waals surface area contributed by atoms with Gasteiger partial charge in [-0.25, -0.2) is 0 Å². The van der Waals surface area contributed by atoms with Crippen molar-refractivity contribution in [2.45, 2.75) is 86.0 Å². The predicted molar refractivity (Wildman–Crippen MR) is 115 cm³/mol. The Morgan fingerprint density at radius 3 is 1.42 bits per heavy atom. The maximum Gasteiger partial charge on any atom is 0.158 e. The molecule has 148 valence electrons. The fourth-order valence-corrected chi connectivity index (χ4v) is 2.70. The second kappa shape index (κ2) is 15.8. The highest BCUT2D eigenvalue weighted by atomic mass is 16.5. The number of carbonyl (C=O) groups excluding carboxylic acids is 1. The van der Waals surface area contributed by atoms with E-state index in [2.05, 4.69) is 58.9 Å². The van der Waals surface area contributed by atoms with Crippen LogP contribution < -0.4 is 0 Å². The van der Waals surface area contributed by atoms with Gasteiger partial charge in [-0.1, -0.05) is 46.6 Å². The number of Topliss-reactive ketones (excluding diaryl/α,β-unsaturated/α-hetero) is 1. The third-order valence-corrected chi connectivity index (χ3v) is 4.38. The van der Waals surface area contributed by atoms with Gasteiger partial charge in [0.25, 0.3) is 0 Å². The maximum absolute atomic E-state index is 11.4. The molecule has 0 aromatic carbocycles. The monoisotopic (exact) mass is 360 g/mol. The highest BCUT2D eigenvalue weighted by molar-refractivity contribution is 5.79. The number of carbonyl (C=O) groups is 1. The van der Waals surface area contributed by atoms with Gasteiger partial charge in [0.2, 0.25) is 0 Å². The van der Waals surface area contributed by atoms with Crippen LogP contribution in [-0.4, -0.2) is 19.5 Å². The van der Waals surface area contributed by atoms with Crippen LogP contribution in [0, 0.1) is 0 Å². The molecule has 0 N–H and O–H groups in total. The van der Waals surface area contributed by atoms with Crippen LogP contribution in [0.1, 0.15) is 86.0 Å². The number of ether oxygens (including phenoxy) is 1. The molecule has 0 radical (unpaired) electrons. The van der Waals surface area contributed by atoms with E-state index in [9.17, 15) is 4.79 Å². The highest BCUT2D eigenvalue weighted by Gasteiger charge is 1.99. The number of hydrogen-bond donors (Lipinski definition) is 0. The molecule has 2 nitrogen and oxygen atoms in total. The Morgan fingerprint density at radius 2 is 1.04 bits per heavy atom. The van der Waals surface area contributed by atoms with Gasteiger partial charge in [0.05, 0.1) is 0 Å². The van der Waals surface area contributed by atoms with Gasteiger partial charge < -0.3 is 4.74 Å². The topological polar surface area (TPSA) is 26.3 Å². The van der Waals surface area contributed by atoms with Crippen molar-refractivity contribution < 1.29 is 9.53 Å². The first-order valence-corrected chi connectivity index (χ1v) is 9.96. The van der Waals surface area contributed by atoms with Crippen LogP contribution >= 0.6 is 0 Å². The van der Waals surface area contributed by atoms with E-state index in [4.69, 9.17) is 4.74 Å². The van der Waals surface area contributed by atoms with Crippen molar-refractivity contribution in [1.82, 2.24) is 0 Å². The van der Waals surface area contributed by atoms with Crippen LogP contribution in [0.2, 0.25) is 0 Å². The molecule has 0 heterocycles. The van der Waals surface area contributed by atoms with Crippen LogP contribution in [0.3, 0.4) is 0 Å². The summed E-state index contributed by atoms with van der Waals surface area (Å²) in [5, 5.41) is 0. The lowest BCUT2D eigenvalue weighted by atomic mass is 10.0. The van der Waals surface area contributed by atoms with Crippen LogP contribution in [0.25, 0.3) is 0 Å². The van der Waals surface area contributed by atoms with Crippen molar-refractivity contribution in [3.8, 4) is 0 Å². The van der Waals surface area contributed by atoms with Crippen molar-refractivity contribution in [1.29, 1.82) is 0 Å². The molecule has 26 heavy (non-hydrogen) atoms. The number of ketones is 1. The average molecular weight is 361 g/mol. The Balaban J connectivity index is 3.99. The maximum atomic E-state index is 11.4. The molecule has 0 unspecified atom stereocenters. The van der Waals surface area contributed by atoms with Crippen molar-refractivity contribution in [2.75, 3.05) is 13.7 Å². The summed E-state index contributed by atoms with van der Waals surface area (Å²) in [6.07, 6.45) is 17.4. The molecule has 0 aliphatic carbocycles. The largest absolute Gasteiger partial charge is 0.377 e. The quantitative estimate of drug-likeness (QED) is 0.308. The van der Waals surface area contributed by atoms with E-state index < -0.39 is 0 Å². The van der Waals surface area contributed by atoms with E-state index in [0.717, 1.165) is 38.5 Å². The summed E-state index contributed by atoms with van der Waals surface area (Å²) < 4.78 is 4.84. The number of hydrogen-bond acceptors (Lipinski definition) is 2. The lowest BCUT2D eigenvalue weighted by molar-refractivity contribution is -0.122. The lowest BCUT2D eigenvalue weighted by Crippen LogP contribution is -2.05. The fraction of sp³-hybridized carbons (Fsp3) is 0.625. The minimum atomic E-state index is 0.177. The predicted octanol–water partition coefficient (Wildman–Crippen LogP) is 7.13. The summed E-state index contributed by atoms with van der Waals surface area (Å²) in [5.41, 5.74) is 5.75. The van der Waals surface area contributed by atoms with E-state index >= 15 is 0 Å².